The van der Waals surface area contributed by atoms with Crippen LogP contribution in [0.25, 0.3) is 83.7 Å². The Morgan fingerprint density at radius 2 is 1.11 bits per heavy atom. The van der Waals surface area contributed by atoms with Crippen molar-refractivity contribution in [3.8, 4) is 39.9 Å². The number of hydrogen-bond acceptors (Lipinski definition) is 6. The molecule has 5 aromatic carbocycles. The van der Waals surface area contributed by atoms with Gasteiger partial charge in [-0.25, -0.2) is 24.9 Å². The fourth-order valence-electron chi connectivity index (χ4n) is 6.02. The molecule has 4 aromatic heterocycles. The maximum atomic E-state index is 6.20. The number of furan rings is 1. The molecular weight excluding hydrogens is 544 g/mol. The lowest BCUT2D eigenvalue weighted by molar-refractivity contribution is 0.669. The lowest BCUT2D eigenvalue weighted by Gasteiger charge is -2.10. The monoisotopic (exact) mass is 566 g/mol. The first-order valence-electron chi connectivity index (χ1n) is 14.3. The predicted octanol–water partition coefficient (Wildman–Crippen LogP) is 8.66. The molecule has 44 heavy (non-hydrogen) atoms. The van der Waals surface area contributed by atoms with E-state index in [9.17, 15) is 0 Å². The van der Waals surface area contributed by atoms with Crippen molar-refractivity contribution in [2.45, 2.75) is 0 Å². The lowest BCUT2D eigenvalue weighted by atomic mass is 10.1. The summed E-state index contributed by atoms with van der Waals surface area (Å²) >= 11 is 0. The van der Waals surface area contributed by atoms with Crippen LogP contribution in [0.5, 0.6) is 0 Å². The van der Waals surface area contributed by atoms with E-state index in [2.05, 4.69) is 45.9 Å². The van der Waals surface area contributed by atoms with Gasteiger partial charge in [-0.3, -0.25) is 0 Å². The summed E-state index contributed by atoms with van der Waals surface area (Å²) in [5.74, 6) is 1.88. The van der Waals surface area contributed by atoms with Crippen LogP contribution in [-0.4, -0.2) is 29.5 Å². The number of benzene rings is 5. The van der Waals surface area contributed by atoms with Crippen LogP contribution in [0.15, 0.2) is 138 Å². The normalized spacial score (nSPS) is 11.6. The minimum Gasteiger partial charge on any atom is -0.456 e. The Bertz CT molecular complexity index is 2430. The van der Waals surface area contributed by atoms with Gasteiger partial charge in [0.25, 0.3) is 0 Å². The van der Waals surface area contributed by atoms with E-state index in [4.69, 9.17) is 24.4 Å². The van der Waals surface area contributed by atoms with Crippen LogP contribution in [0.1, 0.15) is 0 Å². The molecule has 0 saturated carbocycles. The van der Waals surface area contributed by atoms with E-state index >= 15 is 0 Å². The molecule has 0 amide bonds. The van der Waals surface area contributed by atoms with Gasteiger partial charge >= 0.3 is 0 Å². The Balaban J connectivity index is 1.22. The predicted molar refractivity (Wildman–Crippen MR) is 173 cm³/mol. The van der Waals surface area contributed by atoms with Crippen LogP contribution in [0.3, 0.4) is 0 Å². The van der Waals surface area contributed by atoms with Crippen molar-refractivity contribution in [3.63, 3.8) is 0 Å². The molecule has 0 aliphatic rings. The number of rotatable bonds is 4. The summed E-state index contributed by atoms with van der Waals surface area (Å²) in [5.41, 5.74) is 8.29. The SMILES string of the molecule is c1ccc(-c2nc(-c3ccccc3)nc(-c3ccc(-n4c5cncnc5c5c6c(ccc54)oc4ccccc46)cc3)n2)cc1. The molecular formula is C37H22N6O. The molecule has 0 radical (unpaired) electrons. The minimum absolute atomic E-state index is 0.612. The van der Waals surface area contributed by atoms with E-state index < -0.39 is 0 Å². The fraction of sp³-hybridized carbons (Fsp3) is 0. The van der Waals surface area contributed by atoms with E-state index in [0.29, 0.717) is 17.5 Å². The minimum atomic E-state index is 0.612. The van der Waals surface area contributed by atoms with Crippen molar-refractivity contribution in [2.24, 2.45) is 0 Å². The van der Waals surface area contributed by atoms with Gasteiger partial charge in [0.05, 0.1) is 17.2 Å². The number of nitrogens with zero attached hydrogens (tertiary/aromatic N) is 6. The van der Waals surface area contributed by atoms with Crippen LogP contribution in [0.4, 0.5) is 0 Å². The highest BCUT2D eigenvalue weighted by molar-refractivity contribution is 6.26. The van der Waals surface area contributed by atoms with E-state index in [1.165, 1.54) is 0 Å². The fourth-order valence-corrected chi connectivity index (χ4v) is 6.02. The Labute approximate surface area is 251 Å². The standard InChI is InChI=1S/C37H22N6O/c1-3-9-23(10-4-1)35-40-36(24-11-5-2-6-12-24)42-37(41-35)25-15-17-26(18-16-25)43-28-19-20-31-32(27-13-7-8-14-30(27)44-31)33(28)34-29(43)21-38-22-39-34/h1-22H. The van der Waals surface area contributed by atoms with Crippen molar-refractivity contribution >= 4 is 43.9 Å². The largest absolute Gasteiger partial charge is 0.456 e. The van der Waals surface area contributed by atoms with Crippen LogP contribution < -0.4 is 0 Å². The molecule has 9 aromatic rings. The zero-order valence-electron chi connectivity index (χ0n) is 23.3. The highest BCUT2D eigenvalue weighted by Gasteiger charge is 2.20. The first-order chi connectivity index (χ1) is 21.8. The molecule has 0 saturated heterocycles. The molecule has 0 N–H and O–H groups in total. The molecule has 7 nitrogen and oxygen atoms in total. The third-order valence-electron chi connectivity index (χ3n) is 8.02. The highest BCUT2D eigenvalue weighted by Crippen LogP contribution is 2.40. The number of para-hydroxylation sites is 1. The van der Waals surface area contributed by atoms with Gasteiger partial charge in [0.2, 0.25) is 0 Å². The molecule has 4 heterocycles. The molecule has 9 rings (SSSR count). The van der Waals surface area contributed by atoms with Crippen LogP contribution in [0.2, 0.25) is 0 Å². The lowest BCUT2D eigenvalue weighted by Crippen LogP contribution is -2.00. The molecule has 7 heteroatoms. The smallest absolute Gasteiger partial charge is 0.164 e. The maximum Gasteiger partial charge on any atom is 0.164 e. The summed E-state index contributed by atoms with van der Waals surface area (Å²) in [6.45, 7) is 0. The Morgan fingerprint density at radius 3 is 1.80 bits per heavy atom. The van der Waals surface area contributed by atoms with Gasteiger partial charge in [0.1, 0.15) is 23.0 Å². The molecule has 0 aliphatic heterocycles. The van der Waals surface area contributed by atoms with Gasteiger partial charge in [0, 0.05) is 38.5 Å². The van der Waals surface area contributed by atoms with Crippen LogP contribution >= 0.6 is 0 Å². The molecule has 206 valence electrons. The van der Waals surface area contributed by atoms with Gasteiger partial charge in [-0.1, -0.05) is 78.9 Å². The molecule has 0 unspecified atom stereocenters. The van der Waals surface area contributed by atoms with Gasteiger partial charge in [-0.15, -0.1) is 0 Å². The van der Waals surface area contributed by atoms with Gasteiger partial charge in [-0.05, 0) is 42.5 Å². The quantitative estimate of drug-likeness (QED) is 0.212. The number of fused-ring (bicyclic) bond motifs is 7. The third kappa shape index (κ3) is 3.80. The highest BCUT2D eigenvalue weighted by atomic mass is 16.3. The van der Waals surface area contributed by atoms with Gasteiger partial charge in [-0.2, -0.15) is 0 Å². The molecule has 0 fully saturated rings. The third-order valence-corrected chi connectivity index (χ3v) is 8.02. The number of aromatic nitrogens is 6. The summed E-state index contributed by atoms with van der Waals surface area (Å²) < 4.78 is 8.40. The van der Waals surface area contributed by atoms with Gasteiger partial charge < -0.3 is 8.98 Å². The second-order valence-corrected chi connectivity index (χ2v) is 10.6. The molecule has 0 spiro atoms. The summed E-state index contributed by atoms with van der Waals surface area (Å²) in [6.07, 6.45) is 3.47. The first-order valence-corrected chi connectivity index (χ1v) is 14.3. The summed E-state index contributed by atoms with van der Waals surface area (Å²) in [7, 11) is 0. The van der Waals surface area contributed by atoms with Crippen molar-refractivity contribution in [1.82, 2.24) is 29.5 Å². The second-order valence-electron chi connectivity index (χ2n) is 10.6. The molecule has 0 bridgehead atoms. The van der Waals surface area contributed by atoms with Crippen molar-refractivity contribution in [1.29, 1.82) is 0 Å². The van der Waals surface area contributed by atoms with Crippen LogP contribution in [0, 0.1) is 0 Å². The van der Waals surface area contributed by atoms with Crippen molar-refractivity contribution < 1.29 is 4.42 Å². The second kappa shape index (κ2) is 9.68. The Hall–Kier alpha value is -6.21. The van der Waals surface area contributed by atoms with Crippen molar-refractivity contribution in [3.05, 3.63) is 134 Å². The maximum absolute atomic E-state index is 6.20. The van der Waals surface area contributed by atoms with Gasteiger partial charge in [0.15, 0.2) is 17.5 Å². The molecule has 0 aliphatic carbocycles. The first kappa shape index (κ1) is 24.4. The average molecular weight is 567 g/mol. The average Bonchev–Trinajstić information content (AvgIpc) is 3.64. The van der Waals surface area contributed by atoms with E-state index in [1.807, 2.05) is 91.1 Å². The van der Waals surface area contributed by atoms with Crippen molar-refractivity contribution in [2.75, 3.05) is 0 Å². The van der Waals surface area contributed by atoms with Crippen LogP contribution in [-0.2, 0) is 0 Å². The summed E-state index contributed by atoms with van der Waals surface area (Å²) in [5, 5.41) is 3.18. The van der Waals surface area contributed by atoms with E-state index in [1.54, 1.807) is 6.33 Å². The topological polar surface area (TPSA) is 82.5 Å². The van der Waals surface area contributed by atoms with E-state index in [0.717, 1.165) is 66.3 Å². The zero-order valence-corrected chi connectivity index (χ0v) is 23.3. The zero-order chi connectivity index (χ0) is 29.0. The molecule has 0 atom stereocenters. The van der Waals surface area contributed by atoms with E-state index in [-0.39, 0.29) is 0 Å². The number of hydrogen-bond donors (Lipinski definition) is 0. The Morgan fingerprint density at radius 1 is 0.500 bits per heavy atom. The summed E-state index contributed by atoms with van der Waals surface area (Å²) in [6, 6.07) is 40.6. The summed E-state index contributed by atoms with van der Waals surface area (Å²) in [4.78, 5) is 23.7. The Kier molecular flexibility index (Phi) is 5.36.